The first-order chi connectivity index (χ1) is 21.8. The Labute approximate surface area is 268 Å². The van der Waals surface area contributed by atoms with Gasteiger partial charge in [0.2, 0.25) is 0 Å². The van der Waals surface area contributed by atoms with Crippen molar-refractivity contribution in [2.24, 2.45) is 0 Å². The molecule has 0 radical (unpaired) electrons. The lowest BCUT2D eigenvalue weighted by atomic mass is 9.89. The van der Waals surface area contributed by atoms with Crippen LogP contribution in [0.1, 0.15) is 100 Å². The van der Waals surface area contributed by atoms with E-state index in [0.717, 1.165) is 94.0 Å². The van der Waals surface area contributed by atoms with Crippen molar-refractivity contribution in [3.05, 3.63) is 65.0 Å². The summed E-state index contributed by atoms with van der Waals surface area (Å²) in [5.41, 5.74) is 5.56. The number of hydrogen-bond donors (Lipinski definition) is 1. The van der Waals surface area contributed by atoms with Gasteiger partial charge in [-0.2, -0.15) is 22.0 Å². The van der Waals surface area contributed by atoms with Crippen molar-refractivity contribution >= 4 is 21.0 Å². The third-order valence-electron chi connectivity index (χ3n) is 9.30. The Morgan fingerprint density at radius 3 is 2.39 bits per heavy atom. The van der Waals surface area contributed by atoms with Crippen molar-refractivity contribution in [1.29, 1.82) is 0 Å². The summed E-state index contributed by atoms with van der Waals surface area (Å²) in [5, 5.41) is 10.1. The van der Waals surface area contributed by atoms with Crippen molar-refractivity contribution in [3.8, 4) is 5.75 Å². The van der Waals surface area contributed by atoms with Gasteiger partial charge >= 0.3 is 12.1 Å². The molecule has 2 aliphatic rings. The largest absolute Gasteiger partial charge is 0.508 e. The summed E-state index contributed by atoms with van der Waals surface area (Å²) in [4.78, 5) is 2.38. The molecule has 1 N–H and O–H groups in total. The van der Waals surface area contributed by atoms with Crippen molar-refractivity contribution in [1.82, 2.24) is 4.90 Å². The molecule has 0 saturated carbocycles. The summed E-state index contributed by atoms with van der Waals surface area (Å²) in [6, 6.07) is 12.6. The molecule has 1 aliphatic heterocycles. The third kappa shape index (κ3) is 10.2. The van der Waals surface area contributed by atoms with E-state index in [2.05, 4.69) is 4.90 Å². The summed E-state index contributed by atoms with van der Waals surface area (Å²) >= 11 is 0. The van der Waals surface area contributed by atoms with Crippen LogP contribution in [0.25, 0.3) is 11.1 Å². The predicted molar refractivity (Wildman–Crippen MR) is 170 cm³/mol. The molecule has 1 aliphatic carbocycles. The number of nitrogens with zero attached hydrogens (tertiary/aromatic N) is 1. The first kappa shape index (κ1) is 36.3. The van der Waals surface area contributed by atoms with Gasteiger partial charge in [-0.25, -0.2) is 12.8 Å². The van der Waals surface area contributed by atoms with Gasteiger partial charge in [0.05, 0.1) is 11.5 Å². The highest BCUT2D eigenvalue weighted by atomic mass is 32.2. The van der Waals surface area contributed by atoms with Crippen LogP contribution in [0.15, 0.2) is 42.5 Å². The Balaban J connectivity index is 1.22. The van der Waals surface area contributed by atoms with Crippen LogP contribution in [0, 0.1) is 5.82 Å². The number of fused-ring (bicyclic) bond motifs is 1. The molecule has 0 bridgehead atoms. The van der Waals surface area contributed by atoms with E-state index in [4.69, 9.17) is 0 Å². The van der Waals surface area contributed by atoms with Gasteiger partial charge < -0.3 is 10.0 Å². The number of likely N-dealkylation sites (tertiary alicyclic amines) is 1. The zero-order valence-corrected chi connectivity index (χ0v) is 27.1. The fourth-order valence-electron chi connectivity index (χ4n) is 6.91. The van der Waals surface area contributed by atoms with Gasteiger partial charge in [-0.3, -0.25) is 0 Å². The molecule has 46 heavy (non-hydrogen) atoms. The Kier molecular flexibility index (Phi) is 12.7. The van der Waals surface area contributed by atoms with Crippen LogP contribution in [0.4, 0.5) is 26.3 Å². The molecule has 1 fully saturated rings. The summed E-state index contributed by atoms with van der Waals surface area (Å²) in [7, 11) is -3.70. The second-order valence-corrected chi connectivity index (χ2v) is 15.1. The minimum atomic E-state index is -5.67. The molecular formula is C35H45F6NO3S. The Hall–Kier alpha value is -2.53. The molecule has 11 heteroatoms. The molecule has 0 aromatic heterocycles. The summed E-state index contributed by atoms with van der Waals surface area (Å²) in [5.74, 6) is -5.75. The first-order valence-corrected chi connectivity index (χ1v) is 18.3. The lowest BCUT2D eigenvalue weighted by molar-refractivity contribution is -0.284. The van der Waals surface area contributed by atoms with Crippen LogP contribution in [-0.2, 0) is 16.3 Å². The number of phenols is 1. The number of hydrogen-bond acceptors (Lipinski definition) is 4. The van der Waals surface area contributed by atoms with E-state index in [-0.39, 0.29) is 23.4 Å². The number of rotatable bonds is 16. The number of unbranched alkanes of at least 4 members (excludes halogenated alkanes) is 3. The molecule has 256 valence electrons. The van der Waals surface area contributed by atoms with Gasteiger partial charge in [0, 0.05) is 12.5 Å². The van der Waals surface area contributed by atoms with E-state index in [0.29, 0.717) is 12.8 Å². The molecule has 0 spiro atoms. The van der Waals surface area contributed by atoms with E-state index in [1.807, 2.05) is 18.2 Å². The molecular weight excluding hydrogens is 628 g/mol. The SMILES string of the molecule is O=S(=O)(CCC[C@H]1CCCN1CCCCCCC1=C(c2cccc(F)c2)CCCc2cc(O)ccc21)CCCC(F)(F)C(F)(F)F. The third-order valence-corrected chi connectivity index (χ3v) is 11.1. The van der Waals surface area contributed by atoms with E-state index in [9.17, 15) is 39.9 Å². The van der Waals surface area contributed by atoms with Crippen LogP contribution in [0.2, 0.25) is 0 Å². The highest BCUT2D eigenvalue weighted by molar-refractivity contribution is 7.91. The van der Waals surface area contributed by atoms with Crippen LogP contribution in [0.3, 0.4) is 0 Å². The van der Waals surface area contributed by atoms with Gasteiger partial charge in [0.15, 0.2) is 0 Å². The lowest BCUT2D eigenvalue weighted by Gasteiger charge is -2.24. The predicted octanol–water partition coefficient (Wildman–Crippen LogP) is 9.37. The molecule has 4 nitrogen and oxygen atoms in total. The van der Waals surface area contributed by atoms with Crippen LogP contribution in [0.5, 0.6) is 5.75 Å². The van der Waals surface area contributed by atoms with E-state index in [1.54, 1.807) is 18.2 Å². The molecule has 1 atom stereocenters. The van der Waals surface area contributed by atoms with Crippen molar-refractivity contribution in [3.63, 3.8) is 0 Å². The summed E-state index contributed by atoms with van der Waals surface area (Å²) < 4.78 is 102. The monoisotopic (exact) mass is 673 g/mol. The molecule has 2 aromatic rings. The topological polar surface area (TPSA) is 57.6 Å². The second kappa shape index (κ2) is 16.0. The highest BCUT2D eigenvalue weighted by Gasteiger charge is 2.56. The Morgan fingerprint density at radius 1 is 0.870 bits per heavy atom. The van der Waals surface area contributed by atoms with Gasteiger partial charge in [-0.05, 0) is 136 Å². The number of phenolic OH excluding ortho intramolecular Hbond substituents is 1. The number of halogens is 6. The number of alkyl halides is 5. The molecule has 1 heterocycles. The van der Waals surface area contributed by atoms with Crippen molar-refractivity contribution in [2.45, 2.75) is 108 Å². The van der Waals surface area contributed by atoms with Gasteiger partial charge in [-0.15, -0.1) is 0 Å². The highest BCUT2D eigenvalue weighted by Crippen LogP contribution is 2.40. The standard InChI is InChI=1S/C35H45F6NO3S/c36-28-12-5-10-26(24-28)31-16-6-11-27-25-30(43)17-18-32(27)33(31)15-3-1-2-4-20-42-21-7-13-29(42)14-8-22-46(44,45)23-9-19-34(37,38)35(39,40)41/h5,10,12,17-18,24-25,29,43H,1-4,6-9,11,13-16,19-23H2/t29-/m1/s1. The summed E-state index contributed by atoms with van der Waals surface area (Å²) in [6.45, 7) is 1.85. The molecule has 2 aromatic carbocycles. The number of allylic oxidation sites excluding steroid dienone is 2. The average molecular weight is 674 g/mol. The van der Waals surface area contributed by atoms with Gasteiger partial charge in [0.1, 0.15) is 21.4 Å². The van der Waals surface area contributed by atoms with E-state index >= 15 is 0 Å². The fourth-order valence-corrected chi connectivity index (χ4v) is 8.31. The summed E-state index contributed by atoms with van der Waals surface area (Å²) in [6.07, 6.45) is 2.63. The average Bonchev–Trinajstić information content (AvgIpc) is 3.33. The molecule has 4 rings (SSSR count). The molecule has 0 unspecified atom stereocenters. The number of sulfone groups is 1. The maximum atomic E-state index is 14.1. The Morgan fingerprint density at radius 2 is 1.63 bits per heavy atom. The minimum Gasteiger partial charge on any atom is -0.508 e. The van der Waals surface area contributed by atoms with Crippen LogP contribution >= 0.6 is 0 Å². The number of aromatic hydroxyl groups is 1. The normalized spacial score (nSPS) is 18.2. The fraction of sp³-hybridized carbons (Fsp3) is 0.600. The Bertz CT molecular complexity index is 1440. The maximum Gasteiger partial charge on any atom is 0.453 e. The van der Waals surface area contributed by atoms with Crippen molar-refractivity contribution < 1.29 is 39.9 Å². The zero-order chi connectivity index (χ0) is 33.4. The molecule has 0 amide bonds. The van der Waals surface area contributed by atoms with Gasteiger partial charge in [0.25, 0.3) is 0 Å². The quantitative estimate of drug-likeness (QED) is 0.143. The van der Waals surface area contributed by atoms with E-state index in [1.165, 1.54) is 17.2 Å². The van der Waals surface area contributed by atoms with Crippen molar-refractivity contribution in [2.75, 3.05) is 24.6 Å². The smallest absolute Gasteiger partial charge is 0.453 e. The van der Waals surface area contributed by atoms with Gasteiger partial charge in [-0.1, -0.05) is 31.0 Å². The first-order valence-electron chi connectivity index (χ1n) is 16.4. The maximum absolute atomic E-state index is 14.1. The number of aryl methyl sites for hydroxylation is 1. The number of benzene rings is 2. The van der Waals surface area contributed by atoms with E-state index < -0.39 is 40.5 Å². The molecule has 1 saturated heterocycles. The minimum absolute atomic E-state index is 0.203. The lowest BCUT2D eigenvalue weighted by Crippen LogP contribution is -2.36. The zero-order valence-electron chi connectivity index (χ0n) is 26.2. The second-order valence-electron chi connectivity index (χ2n) is 12.8. The van der Waals surface area contributed by atoms with Crippen LogP contribution in [-0.4, -0.2) is 61.2 Å². The van der Waals surface area contributed by atoms with Crippen LogP contribution < -0.4 is 0 Å².